The normalized spacial score (nSPS) is 14.2. The van der Waals surface area contributed by atoms with Crippen LogP contribution in [0.5, 0.6) is 0 Å². The summed E-state index contributed by atoms with van der Waals surface area (Å²) >= 11 is 0. The molecule has 1 aliphatic rings. The Balaban J connectivity index is 2.33. The lowest BCUT2D eigenvalue weighted by Gasteiger charge is -2.24. The summed E-state index contributed by atoms with van der Waals surface area (Å²) in [6.07, 6.45) is 3.44. The number of hydrogen-bond donors (Lipinski definition) is 1. The standard InChI is InChI=1S/C14H21N3O2/c1-3-7-16(12-5-6-12)13-8-11(15-4-2)9-14(10-13)17(18)19/h8-10,12,15H,3-7H2,1-2H3. The molecule has 1 saturated carbocycles. The van der Waals surface area contributed by atoms with Crippen LogP contribution in [0.1, 0.15) is 33.1 Å². The average molecular weight is 263 g/mol. The second-order valence-corrected chi connectivity index (χ2v) is 4.95. The minimum absolute atomic E-state index is 0.162. The van der Waals surface area contributed by atoms with Gasteiger partial charge >= 0.3 is 0 Å². The molecule has 2 rings (SSSR count). The van der Waals surface area contributed by atoms with E-state index in [0.717, 1.165) is 30.9 Å². The molecule has 1 N–H and O–H groups in total. The zero-order valence-corrected chi connectivity index (χ0v) is 11.6. The lowest BCUT2D eigenvalue weighted by molar-refractivity contribution is -0.384. The summed E-state index contributed by atoms with van der Waals surface area (Å²) in [5, 5.41) is 14.2. The molecule has 104 valence electrons. The van der Waals surface area contributed by atoms with Crippen molar-refractivity contribution in [3.8, 4) is 0 Å². The first-order valence-electron chi connectivity index (χ1n) is 6.95. The lowest BCUT2D eigenvalue weighted by atomic mass is 10.2. The van der Waals surface area contributed by atoms with Crippen LogP contribution in [-0.4, -0.2) is 24.1 Å². The molecule has 0 unspecified atom stereocenters. The third-order valence-corrected chi connectivity index (χ3v) is 3.28. The van der Waals surface area contributed by atoms with Gasteiger partial charge in [0.05, 0.1) is 4.92 Å². The Morgan fingerprint density at radius 1 is 1.37 bits per heavy atom. The van der Waals surface area contributed by atoms with Crippen LogP contribution in [0.2, 0.25) is 0 Å². The van der Waals surface area contributed by atoms with Crippen molar-refractivity contribution in [1.29, 1.82) is 0 Å². The third-order valence-electron chi connectivity index (χ3n) is 3.28. The summed E-state index contributed by atoms with van der Waals surface area (Å²) in [6.45, 7) is 5.84. The topological polar surface area (TPSA) is 58.4 Å². The number of nitrogens with one attached hydrogen (secondary N) is 1. The fourth-order valence-corrected chi connectivity index (χ4v) is 2.32. The molecule has 1 aliphatic carbocycles. The highest BCUT2D eigenvalue weighted by Crippen LogP contribution is 2.35. The largest absolute Gasteiger partial charge is 0.385 e. The van der Waals surface area contributed by atoms with E-state index < -0.39 is 0 Å². The van der Waals surface area contributed by atoms with Crippen molar-refractivity contribution >= 4 is 17.1 Å². The van der Waals surface area contributed by atoms with Crippen molar-refractivity contribution in [3.05, 3.63) is 28.3 Å². The van der Waals surface area contributed by atoms with Gasteiger partial charge in [0.25, 0.3) is 5.69 Å². The molecule has 1 aromatic carbocycles. The van der Waals surface area contributed by atoms with Crippen LogP contribution in [0.4, 0.5) is 17.1 Å². The molecule has 0 aromatic heterocycles. The maximum absolute atomic E-state index is 11.0. The van der Waals surface area contributed by atoms with E-state index in [9.17, 15) is 10.1 Å². The van der Waals surface area contributed by atoms with Crippen LogP contribution >= 0.6 is 0 Å². The van der Waals surface area contributed by atoms with Gasteiger partial charge in [-0.05, 0) is 32.3 Å². The first-order chi connectivity index (χ1) is 9.15. The molecule has 0 saturated heterocycles. The summed E-state index contributed by atoms with van der Waals surface area (Å²) in [5.41, 5.74) is 1.96. The third kappa shape index (κ3) is 3.36. The Morgan fingerprint density at radius 2 is 2.11 bits per heavy atom. The van der Waals surface area contributed by atoms with E-state index in [-0.39, 0.29) is 10.6 Å². The molecule has 0 bridgehead atoms. The van der Waals surface area contributed by atoms with Crippen LogP contribution in [0.3, 0.4) is 0 Å². The second kappa shape index (κ2) is 5.91. The molecule has 0 spiro atoms. The van der Waals surface area contributed by atoms with Gasteiger partial charge in [-0.2, -0.15) is 0 Å². The molecule has 5 heteroatoms. The van der Waals surface area contributed by atoms with Gasteiger partial charge in [0.1, 0.15) is 0 Å². The molecular weight excluding hydrogens is 242 g/mol. The molecule has 0 aliphatic heterocycles. The van der Waals surface area contributed by atoms with E-state index in [1.165, 1.54) is 12.8 Å². The Kier molecular flexibility index (Phi) is 4.24. The van der Waals surface area contributed by atoms with E-state index in [0.29, 0.717) is 6.04 Å². The molecule has 5 nitrogen and oxygen atoms in total. The van der Waals surface area contributed by atoms with Crippen molar-refractivity contribution in [3.63, 3.8) is 0 Å². The number of nitro groups is 1. The molecule has 1 aromatic rings. The van der Waals surface area contributed by atoms with E-state index in [1.807, 2.05) is 13.0 Å². The average Bonchev–Trinajstić information content (AvgIpc) is 3.20. The van der Waals surface area contributed by atoms with E-state index in [1.54, 1.807) is 12.1 Å². The summed E-state index contributed by atoms with van der Waals surface area (Å²) < 4.78 is 0. The Bertz CT molecular complexity index is 458. The van der Waals surface area contributed by atoms with Gasteiger partial charge in [0.15, 0.2) is 0 Å². The highest BCUT2D eigenvalue weighted by molar-refractivity contribution is 5.65. The monoisotopic (exact) mass is 263 g/mol. The molecule has 0 radical (unpaired) electrons. The molecule has 0 amide bonds. The Morgan fingerprint density at radius 3 is 2.63 bits per heavy atom. The lowest BCUT2D eigenvalue weighted by Crippen LogP contribution is -2.26. The minimum Gasteiger partial charge on any atom is -0.385 e. The smallest absolute Gasteiger partial charge is 0.273 e. The number of nitro benzene ring substituents is 1. The molecular formula is C14H21N3O2. The quantitative estimate of drug-likeness (QED) is 0.605. The van der Waals surface area contributed by atoms with Crippen LogP contribution in [-0.2, 0) is 0 Å². The number of hydrogen-bond acceptors (Lipinski definition) is 4. The fraction of sp³-hybridized carbons (Fsp3) is 0.571. The van der Waals surface area contributed by atoms with Crippen molar-refractivity contribution in [1.82, 2.24) is 0 Å². The zero-order chi connectivity index (χ0) is 13.8. The van der Waals surface area contributed by atoms with Crippen LogP contribution in [0, 0.1) is 10.1 Å². The second-order valence-electron chi connectivity index (χ2n) is 4.95. The number of non-ortho nitro benzene ring substituents is 1. The van der Waals surface area contributed by atoms with Gasteiger partial charge in [-0.3, -0.25) is 10.1 Å². The van der Waals surface area contributed by atoms with Crippen molar-refractivity contribution in [2.45, 2.75) is 39.2 Å². The van der Waals surface area contributed by atoms with Crippen molar-refractivity contribution in [2.75, 3.05) is 23.3 Å². The van der Waals surface area contributed by atoms with E-state index >= 15 is 0 Å². The predicted octanol–water partition coefficient (Wildman–Crippen LogP) is 3.41. The van der Waals surface area contributed by atoms with Gasteiger partial charge in [-0.25, -0.2) is 0 Å². The highest BCUT2D eigenvalue weighted by atomic mass is 16.6. The first kappa shape index (κ1) is 13.6. The maximum Gasteiger partial charge on any atom is 0.273 e. The molecule has 0 heterocycles. The Labute approximate surface area is 113 Å². The molecule has 1 fully saturated rings. The summed E-state index contributed by atoms with van der Waals surface area (Å²) in [4.78, 5) is 13.0. The Hall–Kier alpha value is -1.78. The van der Waals surface area contributed by atoms with Crippen LogP contribution in [0.25, 0.3) is 0 Å². The first-order valence-corrected chi connectivity index (χ1v) is 6.95. The summed E-state index contributed by atoms with van der Waals surface area (Å²) in [7, 11) is 0. The summed E-state index contributed by atoms with van der Waals surface area (Å²) in [5.74, 6) is 0. The highest BCUT2D eigenvalue weighted by Gasteiger charge is 2.29. The maximum atomic E-state index is 11.0. The fourth-order valence-electron chi connectivity index (χ4n) is 2.32. The van der Waals surface area contributed by atoms with Crippen LogP contribution in [0.15, 0.2) is 18.2 Å². The van der Waals surface area contributed by atoms with E-state index in [4.69, 9.17) is 0 Å². The zero-order valence-electron chi connectivity index (χ0n) is 11.6. The summed E-state index contributed by atoms with van der Waals surface area (Å²) in [6, 6.07) is 5.87. The number of benzene rings is 1. The number of nitrogens with zero attached hydrogens (tertiary/aromatic N) is 2. The van der Waals surface area contributed by atoms with Gasteiger partial charge in [0, 0.05) is 42.6 Å². The van der Waals surface area contributed by atoms with Gasteiger partial charge in [-0.15, -0.1) is 0 Å². The minimum atomic E-state index is -0.318. The number of anilines is 2. The SMILES string of the molecule is CCCN(c1cc(NCC)cc([N+](=O)[O-])c1)C1CC1. The van der Waals surface area contributed by atoms with Gasteiger partial charge < -0.3 is 10.2 Å². The van der Waals surface area contributed by atoms with Crippen molar-refractivity contribution < 1.29 is 4.92 Å². The predicted molar refractivity (Wildman–Crippen MR) is 77.9 cm³/mol. The van der Waals surface area contributed by atoms with E-state index in [2.05, 4.69) is 17.1 Å². The molecule has 0 atom stereocenters. The van der Waals surface area contributed by atoms with Crippen LogP contribution < -0.4 is 10.2 Å². The molecule has 19 heavy (non-hydrogen) atoms. The van der Waals surface area contributed by atoms with Gasteiger partial charge in [0.2, 0.25) is 0 Å². The van der Waals surface area contributed by atoms with Gasteiger partial charge in [-0.1, -0.05) is 6.92 Å². The number of rotatable bonds is 7. The van der Waals surface area contributed by atoms with Crippen molar-refractivity contribution in [2.24, 2.45) is 0 Å².